The number of carbonyl (C=O) groups is 1. The summed E-state index contributed by atoms with van der Waals surface area (Å²) in [6.45, 7) is 3.54. The summed E-state index contributed by atoms with van der Waals surface area (Å²) in [5.41, 5.74) is 1.49. The van der Waals surface area contributed by atoms with Gasteiger partial charge in [0.2, 0.25) is 0 Å². The number of hydrogen-bond acceptors (Lipinski definition) is 5. The Balaban J connectivity index is 1.48. The molecule has 2 aromatic heterocycles. The summed E-state index contributed by atoms with van der Waals surface area (Å²) >= 11 is 6.10. The normalized spacial score (nSPS) is 10.9. The summed E-state index contributed by atoms with van der Waals surface area (Å²) in [5.74, 6) is -0.251. The molecule has 170 valence electrons. The van der Waals surface area contributed by atoms with E-state index in [0.717, 1.165) is 0 Å². The van der Waals surface area contributed by atoms with Gasteiger partial charge in [-0.25, -0.2) is 8.78 Å². The maximum absolute atomic E-state index is 14.1. The molecule has 0 bridgehead atoms. The Labute approximate surface area is 192 Å². The Morgan fingerprint density at radius 2 is 1.91 bits per heavy atom. The van der Waals surface area contributed by atoms with E-state index in [0.29, 0.717) is 33.4 Å². The average Bonchev–Trinajstić information content (AvgIpc) is 3.32. The lowest BCUT2D eigenvalue weighted by atomic mass is 10.2. The van der Waals surface area contributed by atoms with Crippen LogP contribution in [0, 0.1) is 25.5 Å². The van der Waals surface area contributed by atoms with Crippen molar-refractivity contribution < 1.29 is 22.8 Å². The van der Waals surface area contributed by atoms with Crippen LogP contribution in [0.4, 0.5) is 14.6 Å². The molecule has 4 aromatic rings. The minimum absolute atomic E-state index is 0.00295. The van der Waals surface area contributed by atoms with Crippen molar-refractivity contribution in [2.75, 3.05) is 5.32 Å². The molecule has 0 spiro atoms. The third-order valence-corrected chi connectivity index (χ3v) is 5.34. The van der Waals surface area contributed by atoms with Gasteiger partial charge in [0.15, 0.2) is 11.5 Å². The van der Waals surface area contributed by atoms with Crippen LogP contribution in [-0.2, 0) is 13.2 Å². The summed E-state index contributed by atoms with van der Waals surface area (Å²) in [7, 11) is 0. The second-order valence-corrected chi connectivity index (χ2v) is 7.70. The highest BCUT2D eigenvalue weighted by Crippen LogP contribution is 2.22. The Morgan fingerprint density at radius 1 is 1.15 bits per heavy atom. The van der Waals surface area contributed by atoms with Gasteiger partial charge in [-0.3, -0.25) is 9.48 Å². The maximum atomic E-state index is 14.1. The van der Waals surface area contributed by atoms with Gasteiger partial charge >= 0.3 is 0 Å². The first kappa shape index (κ1) is 22.5. The van der Waals surface area contributed by atoms with Crippen LogP contribution in [0.2, 0.25) is 5.02 Å². The molecule has 2 aromatic carbocycles. The minimum atomic E-state index is -0.543. The van der Waals surface area contributed by atoms with Crippen LogP contribution in [-0.4, -0.2) is 20.8 Å². The Kier molecular flexibility index (Phi) is 6.41. The fourth-order valence-electron chi connectivity index (χ4n) is 3.17. The van der Waals surface area contributed by atoms with Crippen molar-refractivity contribution in [1.82, 2.24) is 14.9 Å². The van der Waals surface area contributed by atoms with Crippen molar-refractivity contribution in [3.63, 3.8) is 0 Å². The van der Waals surface area contributed by atoms with Gasteiger partial charge in [-0.15, -0.1) is 0 Å². The fourth-order valence-corrected chi connectivity index (χ4v) is 3.39. The van der Waals surface area contributed by atoms with Gasteiger partial charge in [0.25, 0.3) is 5.91 Å². The van der Waals surface area contributed by atoms with Crippen LogP contribution in [0.25, 0.3) is 0 Å². The molecule has 0 aliphatic carbocycles. The summed E-state index contributed by atoms with van der Waals surface area (Å²) in [6.07, 6.45) is 0. The largest absolute Gasteiger partial charge is 0.489 e. The smallest absolute Gasteiger partial charge is 0.279 e. The Bertz CT molecular complexity index is 1280. The van der Waals surface area contributed by atoms with E-state index in [9.17, 15) is 13.6 Å². The monoisotopic (exact) mass is 472 g/mol. The Hall–Kier alpha value is -3.72. The molecule has 0 saturated carbocycles. The molecule has 0 aliphatic rings. The highest BCUT2D eigenvalue weighted by molar-refractivity contribution is 6.31. The fraction of sp³-hybridized carbons (Fsp3) is 0.174. The number of amides is 1. The quantitative estimate of drug-likeness (QED) is 0.394. The second-order valence-electron chi connectivity index (χ2n) is 7.29. The van der Waals surface area contributed by atoms with E-state index in [4.69, 9.17) is 20.9 Å². The van der Waals surface area contributed by atoms with Crippen LogP contribution in [0.5, 0.6) is 5.75 Å². The summed E-state index contributed by atoms with van der Waals surface area (Å²) in [5, 5.41) is 11.1. The number of hydrogen-bond donors (Lipinski definition) is 1. The van der Waals surface area contributed by atoms with Gasteiger partial charge in [-0.05, 0) is 50.2 Å². The second kappa shape index (κ2) is 9.41. The average molecular weight is 473 g/mol. The van der Waals surface area contributed by atoms with Crippen molar-refractivity contribution in [1.29, 1.82) is 0 Å². The van der Waals surface area contributed by atoms with Gasteiger partial charge in [-0.2, -0.15) is 5.10 Å². The van der Waals surface area contributed by atoms with Gasteiger partial charge in [0.05, 0.1) is 12.1 Å². The molecule has 2 heterocycles. The molecule has 0 saturated heterocycles. The topological polar surface area (TPSA) is 82.2 Å². The number of benzene rings is 2. The van der Waals surface area contributed by atoms with Crippen molar-refractivity contribution in [3.8, 4) is 5.75 Å². The van der Waals surface area contributed by atoms with Crippen molar-refractivity contribution in [2.45, 2.75) is 27.0 Å². The number of anilines is 1. The van der Waals surface area contributed by atoms with Crippen LogP contribution in [0.15, 0.2) is 53.1 Å². The summed E-state index contributed by atoms with van der Waals surface area (Å²) in [4.78, 5) is 12.8. The van der Waals surface area contributed by atoms with Crippen LogP contribution in [0.1, 0.15) is 33.1 Å². The van der Waals surface area contributed by atoms with Gasteiger partial charge in [0.1, 0.15) is 29.8 Å². The van der Waals surface area contributed by atoms with Crippen molar-refractivity contribution in [3.05, 3.63) is 93.5 Å². The molecule has 0 unspecified atom stereocenters. The lowest BCUT2D eigenvalue weighted by Gasteiger charge is -2.08. The number of aryl methyl sites for hydroxylation is 2. The van der Waals surface area contributed by atoms with Crippen LogP contribution < -0.4 is 10.1 Å². The Morgan fingerprint density at radius 3 is 2.64 bits per heavy atom. The first-order valence-corrected chi connectivity index (χ1v) is 10.3. The van der Waals surface area contributed by atoms with Crippen LogP contribution in [0.3, 0.4) is 0 Å². The van der Waals surface area contributed by atoms with E-state index in [1.807, 2.05) is 0 Å². The van der Waals surface area contributed by atoms with E-state index in [1.165, 1.54) is 41.1 Å². The van der Waals surface area contributed by atoms with Gasteiger partial charge in [0, 0.05) is 22.3 Å². The predicted molar refractivity (Wildman–Crippen MR) is 117 cm³/mol. The highest BCUT2D eigenvalue weighted by atomic mass is 35.5. The minimum Gasteiger partial charge on any atom is -0.489 e. The van der Waals surface area contributed by atoms with Crippen LogP contribution >= 0.6 is 11.6 Å². The van der Waals surface area contributed by atoms with Gasteiger partial charge < -0.3 is 14.6 Å². The van der Waals surface area contributed by atoms with E-state index in [1.54, 1.807) is 26.0 Å². The third kappa shape index (κ3) is 5.04. The number of ether oxygens (including phenoxy) is 1. The lowest BCUT2D eigenvalue weighted by molar-refractivity contribution is 0.101. The molecule has 33 heavy (non-hydrogen) atoms. The lowest BCUT2D eigenvalue weighted by Crippen LogP contribution is -2.16. The maximum Gasteiger partial charge on any atom is 0.279 e. The molecule has 1 N–H and O–H groups in total. The number of halogens is 3. The molecule has 0 fully saturated rings. The molecule has 10 heteroatoms. The van der Waals surface area contributed by atoms with E-state index in [-0.39, 0.29) is 30.5 Å². The third-order valence-electron chi connectivity index (χ3n) is 4.99. The number of carbonyl (C=O) groups excluding carboxylic acids is 1. The van der Waals surface area contributed by atoms with E-state index >= 15 is 0 Å². The zero-order valence-corrected chi connectivity index (χ0v) is 18.5. The summed E-state index contributed by atoms with van der Waals surface area (Å²) < 4.78 is 39.5. The molecule has 1 amide bonds. The molecular weight excluding hydrogens is 454 g/mol. The molecule has 0 atom stereocenters. The first-order chi connectivity index (χ1) is 15.8. The number of aromatic nitrogens is 3. The highest BCUT2D eigenvalue weighted by Gasteiger charge is 2.22. The zero-order chi connectivity index (χ0) is 23.5. The standard InChI is InChI=1S/C23H19ClF2N4O3/c1-13-10-21(28-30(13)11-17-19(24)4-3-5-20(17)26)27-23(31)22-18(14(2)33-29-22)12-32-16-8-6-15(25)7-9-16/h3-10H,11-12H2,1-2H3,(H,27,28,31). The molecular formula is C23H19ClF2N4O3. The zero-order valence-electron chi connectivity index (χ0n) is 17.7. The number of nitrogens with one attached hydrogen (secondary N) is 1. The number of rotatable bonds is 7. The number of nitrogens with zero attached hydrogens (tertiary/aromatic N) is 3. The van der Waals surface area contributed by atoms with Crippen molar-refractivity contribution in [2.24, 2.45) is 0 Å². The molecule has 0 aliphatic heterocycles. The molecule has 7 nitrogen and oxygen atoms in total. The first-order valence-electron chi connectivity index (χ1n) is 9.94. The van der Waals surface area contributed by atoms with Crippen molar-refractivity contribution >= 4 is 23.3 Å². The van der Waals surface area contributed by atoms with E-state index < -0.39 is 11.7 Å². The molecule has 0 radical (unpaired) electrons. The summed E-state index contributed by atoms with van der Waals surface area (Å²) in [6, 6.07) is 11.6. The SMILES string of the molecule is Cc1onc(C(=O)Nc2cc(C)n(Cc3c(F)cccc3Cl)n2)c1COc1ccc(F)cc1. The molecule has 4 rings (SSSR count). The van der Waals surface area contributed by atoms with E-state index in [2.05, 4.69) is 15.6 Å². The predicted octanol–water partition coefficient (Wildman–Crippen LogP) is 5.30. The van der Waals surface area contributed by atoms with Gasteiger partial charge in [-0.1, -0.05) is 22.8 Å².